The third-order valence-corrected chi connectivity index (χ3v) is 4.10. The summed E-state index contributed by atoms with van der Waals surface area (Å²) in [5.74, 6) is 1.37. The van der Waals surface area contributed by atoms with Crippen molar-refractivity contribution >= 4 is 17.5 Å². The SMILES string of the molecule is COc1ccc(C(Cc2ccc(Cl)cc2)c2c[nH]c(N)n2)cc1. The zero-order valence-electron chi connectivity index (χ0n) is 12.8. The third-order valence-electron chi connectivity index (χ3n) is 3.85. The van der Waals surface area contributed by atoms with Gasteiger partial charge >= 0.3 is 0 Å². The summed E-state index contributed by atoms with van der Waals surface area (Å²) in [6, 6.07) is 15.9. The summed E-state index contributed by atoms with van der Waals surface area (Å²) in [6.07, 6.45) is 2.67. The molecule has 0 aliphatic rings. The second-order valence-electron chi connectivity index (χ2n) is 5.37. The van der Waals surface area contributed by atoms with Crippen LogP contribution in [0.1, 0.15) is 22.7 Å². The van der Waals surface area contributed by atoms with Gasteiger partial charge in [-0.25, -0.2) is 4.98 Å². The maximum atomic E-state index is 5.97. The highest BCUT2D eigenvalue weighted by Crippen LogP contribution is 2.29. The van der Waals surface area contributed by atoms with Crippen LogP contribution >= 0.6 is 11.6 Å². The maximum absolute atomic E-state index is 5.97. The predicted octanol–water partition coefficient (Wildman–Crippen LogP) is 4.03. The number of ether oxygens (including phenoxy) is 1. The number of hydrogen-bond donors (Lipinski definition) is 2. The van der Waals surface area contributed by atoms with E-state index < -0.39 is 0 Å². The Morgan fingerprint density at radius 3 is 2.39 bits per heavy atom. The number of methoxy groups -OCH3 is 1. The average Bonchev–Trinajstić information content (AvgIpc) is 3.01. The molecule has 1 atom stereocenters. The molecule has 0 spiro atoms. The summed E-state index contributed by atoms with van der Waals surface area (Å²) < 4.78 is 5.23. The topological polar surface area (TPSA) is 63.9 Å². The Labute approximate surface area is 140 Å². The van der Waals surface area contributed by atoms with Gasteiger partial charge in [0.1, 0.15) is 5.75 Å². The summed E-state index contributed by atoms with van der Waals surface area (Å²) >= 11 is 5.97. The van der Waals surface area contributed by atoms with Gasteiger partial charge in [0, 0.05) is 17.1 Å². The Kier molecular flexibility index (Phi) is 4.53. The monoisotopic (exact) mass is 327 g/mol. The van der Waals surface area contributed by atoms with Crippen LogP contribution in [0.25, 0.3) is 0 Å². The first kappa shape index (κ1) is 15.4. The minimum atomic E-state index is 0.107. The highest BCUT2D eigenvalue weighted by molar-refractivity contribution is 6.30. The Balaban J connectivity index is 1.94. The third kappa shape index (κ3) is 3.66. The summed E-state index contributed by atoms with van der Waals surface area (Å²) in [7, 11) is 1.66. The Bertz CT molecular complexity index is 766. The van der Waals surface area contributed by atoms with Crippen molar-refractivity contribution in [3.8, 4) is 5.75 Å². The number of aromatic amines is 1. The molecular formula is C18H18ClN3O. The van der Waals surface area contributed by atoms with E-state index in [9.17, 15) is 0 Å². The molecule has 1 heterocycles. The van der Waals surface area contributed by atoms with Gasteiger partial charge < -0.3 is 15.5 Å². The maximum Gasteiger partial charge on any atom is 0.197 e. The van der Waals surface area contributed by atoms with Gasteiger partial charge in [-0.05, 0) is 41.8 Å². The van der Waals surface area contributed by atoms with Crippen LogP contribution in [0, 0.1) is 0 Å². The smallest absolute Gasteiger partial charge is 0.197 e. The van der Waals surface area contributed by atoms with E-state index in [0.29, 0.717) is 5.95 Å². The normalized spacial score (nSPS) is 12.1. The van der Waals surface area contributed by atoms with Crippen molar-refractivity contribution in [3.05, 3.63) is 76.6 Å². The van der Waals surface area contributed by atoms with E-state index in [0.717, 1.165) is 28.5 Å². The van der Waals surface area contributed by atoms with E-state index in [2.05, 4.69) is 22.1 Å². The molecule has 0 fully saturated rings. The molecule has 1 unspecified atom stereocenters. The lowest BCUT2D eigenvalue weighted by Gasteiger charge is -2.16. The second-order valence-corrected chi connectivity index (χ2v) is 5.80. The van der Waals surface area contributed by atoms with Gasteiger partial charge in [-0.1, -0.05) is 35.9 Å². The molecule has 0 amide bonds. The minimum Gasteiger partial charge on any atom is -0.497 e. The number of anilines is 1. The fourth-order valence-corrected chi connectivity index (χ4v) is 2.74. The lowest BCUT2D eigenvalue weighted by Crippen LogP contribution is -2.06. The van der Waals surface area contributed by atoms with Crippen molar-refractivity contribution in [1.82, 2.24) is 9.97 Å². The van der Waals surface area contributed by atoms with Crippen molar-refractivity contribution in [2.75, 3.05) is 12.8 Å². The molecule has 0 radical (unpaired) electrons. The van der Waals surface area contributed by atoms with E-state index in [1.165, 1.54) is 5.56 Å². The first-order valence-corrected chi connectivity index (χ1v) is 7.72. The van der Waals surface area contributed by atoms with Crippen molar-refractivity contribution in [3.63, 3.8) is 0 Å². The van der Waals surface area contributed by atoms with E-state index in [1.807, 2.05) is 42.6 Å². The van der Waals surface area contributed by atoms with E-state index in [1.54, 1.807) is 7.11 Å². The molecule has 0 aliphatic carbocycles. The molecular weight excluding hydrogens is 310 g/mol. The van der Waals surface area contributed by atoms with E-state index in [-0.39, 0.29) is 5.92 Å². The van der Waals surface area contributed by atoms with Crippen LogP contribution in [-0.2, 0) is 6.42 Å². The molecule has 3 N–H and O–H groups in total. The number of benzene rings is 2. The molecule has 0 aliphatic heterocycles. The van der Waals surface area contributed by atoms with Crippen molar-refractivity contribution < 1.29 is 4.74 Å². The van der Waals surface area contributed by atoms with E-state index in [4.69, 9.17) is 22.1 Å². The number of nitrogens with one attached hydrogen (secondary N) is 1. The largest absolute Gasteiger partial charge is 0.497 e. The highest BCUT2D eigenvalue weighted by Gasteiger charge is 2.18. The van der Waals surface area contributed by atoms with Crippen LogP contribution in [0.15, 0.2) is 54.7 Å². The first-order chi connectivity index (χ1) is 11.2. The highest BCUT2D eigenvalue weighted by atomic mass is 35.5. The number of nitrogens with zero attached hydrogens (tertiary/aromatic N) is 1. The molecule has 3 rings (SSSR count). The molecule has 3 aromatic rings. The van der Waals surface area contributed by atoms with Gasteiger partial charge in [-0.3, -0.25) is 0 Å². The minimum absolute atomic E-state index is 0.107. The fourth-order valence-electron chi connectivity index (χ4n) is 2.62. The first-order valence-electron chi connectivity index (χ1n) is 7.35. The molecule has 0 saturated heterocycles. The van der Waals surface area contributed by atoms with Gasteiger partial charge in [0.05, 0.1) is 12.8 Å². The summed E-state index contributed by atoms with van der Waals surface area (Å²) in [6.45, 7) is 0. The number of nitrogens with two attached hydrogens (primary N) is 1. The van der Waals surface area contributed by atoms with Crippen LogP contribution in [0.3, 0.4) is 0 Å². The number of imidazole rings is 1. The molecule has 118 valence electrons. The molecule has 1 aromatic heterocycles. The average molecular weight is 328 g/mol. The van der Waals surface area contributed by atoms with Crippen molar-refractivity contribution in [1.29, 1.82) is 0 Å². The Morgan fingerprint density at radius 2 is 1.83 bits per heavy atom. The van der Waals surface area contributed by atoms with Gasteiger partial charge in [0.25, 0.3) is 0 Å². The fraction of sp³-hybridized carbons (Fsp3) is 0.167. The van der Waals surface area contributed by atoms with Gasteiger partial charge in [-0.15, -0.1) is 0 Å². The summed E-state index contributed by atoms with van der Waals surface area (Å²) in [5, 5.41) is 0.735. The number of H-pyrrole nitrogens is 1. The number of aromatic nitrogens is 2. The molecule has 5 heteroatoms. The second kappa shape index (κ2) is 6.75. The number of nitrogen functional groups attached to an aromatic ring is 1. The number of rotatable bonds is 5. The van der Waals surface area contributed by atoms with Gasteiger partial charge in [-0.2, -0.15) is 0 Å². The predicted molar refractivity (Wildman–Crippen MR) is 93.0 cm³/mol. The van der Waals surface area contributed by atoms with Crippen molar-refractivity contribution in [2.45, 2.75) is 12.3 Å². The van der Waals surface area contributed by atoms with Crippen LogP contribution in [0.5, 0.6) is 5.75 Å². The molecule has 2 aromatic carbocycles. The zero-order valence-corrected chi connectivity index (χ0v) is 13.5. The van der Waals surface area contributed by atoms with Gasteiger partial charge in [0.2, 0.25) is 0 Å². The summed E-state index contributed by atoms with van der Waals surface area (Å²) in [5.41, 5.74) is 9.02. The van der Waals surface area contributed by atoms with Crippen LogP contribution in [-0.4, -0.2) is 17.1 Å². The molecule has 0 bridgehead atoms. The zero-order chi connectivity index (χ0) is 16.2. The van der Waals surface area contributed by atoms with Crippen LogP contribution in [0.2, 0.25) is 5.02 Å². The Morgan fingerprint density at radius 1 is 1.13 bits per heavy atom. The molecule has 23 heavy (non-hydrogen) atoms. The number of halogens is 1. The van der Waals surface area contributed by atoms with Crippen LogP contribution in [0.4, 0.5) is 5.95 Å². The lowest BCUT2D eigenvalue weighted by atomic mass is 9.89. The Hall–Kier alpha value is -2.46. The quantitative estimate of drug-likeness (QED) is 0.743. The lowest BCUT2D eigenvalue weighted by molar-refractivity contribution is 0.414. The number of hydrogen-bond acceptors (Lipinski definition) is 3. The molecule has 4 nitrogen and oxygen atoms in total. The van der Waals surface area contributed by atoms with Crippen molar-refractivity contribution in [2.24, 2.45) is 0 Å². The van der Waals surface area contributed by atoms with Crippen LogP contribution < -0.4 is 10.5 Å². The molecule has 0 saturated carbocycles. The summed E-state index contributed by atoms with van der Waals surface area (Å²) in [4.78, 5) is 7.37. The standard InChI is InChI=1S/C18H18ClN3O/c1-23-15-8-4-13(5-9-15)16(17-11-21-18(20)22-17)10-12-2-6-14(19)7-3-12/h2-9,11,16H,10H2,1H3,(H3,20,21,22). The van der Waals surface area contributed by atoms with E-state index >= 15 is 0 Å². The van der Waals surface area contributed by atoms with Gasteiger partial charge in [0.15, 0.2) is 5.95 Å².